The summed E-state index contributed by atoms with van der Waals surface area (Å²) < 4.78 is 43.4. The topological polar surface area (TPSA) is 35.5 Å². The molecule has 3 nitrogen and oxygen atoms in total. The number of aliphatic hydroxyl groups is 1. The predicted octanol–water partition coefficient (Wildman–Crippen LogP) is 10.1. The van der Waals surface area contributed by atoms with Gasteiger partial charge in [0.1, 0.15) is 11.6 Å². The summed E-state index contributed by atoms with van der Waals surface area (Å²) in [7, 11) is 0.827. The van der Waals surface area contributed by atoms with Crippen LogP contribution in [0.2, 0.25) is 0 Å². The molecule has 0 fully saturated rings. The molecule has 2 N–H and O–H groups in total. The third-order valence-corrected chi connectivity index (χ3v) is 7.46. The molecule has 0 aromatic heterocycles. The molecule has 0 amide bonds. The van der Waals surface area contributed by atoms with Gasteiger partial charge < -0.3 is 15.3 Å². The number of hydrogen-bond acceptors (Lipinski definition) is 3. The molecule has 0 bridgehead atoms. The van der Waals surface area contributed by atoms with E-state index in [1.54, 1.807) is 24.3 Å². The number of hydrogen-bond donors (Lipinski definition) is 2. The SMILES string of the molecule is C=C(O)c1cc(-c2c[c-]c(N(CCPCCC)c3ccccc3)cc2Nc2ccccc2F)cc(F)c1F.CC.[Os+]. The number of rotatable bonds is 11. The summed E-state index contributed by atoms with van der Waals surface area (Å²) in [5.41, 5.74) is 2.84. The molecule has 0 spiro atoms. The van der Waals surface area contributed by atoms with Gasteiger partial charge in [-0.05, 0) is 42.7 Å². The van der Waals surface area contributed by atoms with Crippen LogP contribution >= 0.6 is 8.58 Å². The maximum absolute atomic E-state index is 14.6. The Morgan fingerprint density at radius 1 is 0.927 bits per heavy atom. The molecule has 8 heteroatoms. The van der Waals surface area contributed by atoms with Gasteiger partial charge in [0.05, 0.1) is 11.3 Å². The Morgan fingerprint density at radius 2 is 1.61 bits per heavy atom. The first-order valence-electron chi connectivity index (χ1n) is 13.4. The molecule has 1 atom stereocenters. The summed E-state index contributed by atoms with van der Waals surface area (Å²) in [5, 5.41) is 12.9. The zero-order valence-electron chi connectivity index (χ0n) is 23.4. The van der Waals surface area contributed by atoms with Crippen LogP contribution in [0, 0.1) is 23.5 Å². The smallest absolute Gasteiger partial charge is 0.508 e. The van der Waals surface area contributed by atoms with Gasteiger partial charge in [-0.1, -0.05) is 87.1 Å². The van der Waals surface area contributed by atoms with E-state index in [4.69, 9.17) is 0 Å². The molecule has 41 heavy (non-hydrogen) atoms. The van der Waals surface area contributed by atoms with Crippen molar-refractivity contribution in [3.8, 4) is 11.1 Å². The first-order chi connectivity index (χ1) is 19.4. The summed E-state index contributed by atoms with van der Waals surface area (Å²) >= 11 is 0. The second-order valence-corrected chi connectivity index (χ2v) is 10.3. The molecule has 0 aliphatic rings. The van der Waals surface area contributed by atoms with Crippen LogP contribution in [-0.4, -0.2) is 24.0 Å². The molecule has 0 saturated carbocycles. The Kier molecular flexibility index (Phi) is 14.1. The Labute approximate surface area is 256 Å². The molecule has 1 radical (unpaired) electrons. The number of aliphatic hydroxyl groups excluding tert-OH is 1. The fourth-order valence-corrected chi connectivity index (χ4v) is 5.11. The maximum atomic E-state index is 14.6. The van der Waals surface area contributed by atoms with Gasteiger partial charge in [-0.2, -0.15) is 12.1 Å². The Bertz CT molecular complexity index is 1420. The summed E-state index contributed by atoms with van der Waals surface area (Å²) in [6.07, 6.45) is 3.30. The van der Waals surface area contributed by atoms with E-state index in [-0.39, 0.29) is 36.6 Å². The summed E-state index contributed by atoms with van der Waals surface area (Å²) in [6.45, 7) is 10.3. The first kappa shape index (κ1) is 34.1. The van der Waals surface area contributed by atoms with E-state index in [0.29, 0.717) is 11.3 Å². The fourth-order valence-electron chi connectivity index (χ4n) is 4.13. The second-order valence-electron chi connectivity index (χ2n) is 8.75. The molecule has 4 aromatic carbocycles. The van der Waals surface area contributed by atoms with Crippen molar-refractivity contribution in [1.82, 2.24) is 0 Å². The standard InChI is InChI=1S/C31H29F3N2OP.C2H6.Os/c1-3-16-38-17-15-36(23-9-5-4-6-10-23)24-13-14-25(22-18-26(21(2)37)31(34)28(33)19-22)30(20-24)35-29-12-8-7-11-27(29)32;1-2;/h4-12,14,18-20,35,37-38H,2-3,15-17H2,1H3;1-2H3;/q-1;;+1. The Balaban J connectivity index is 0.00000192. The summed E-state index contributed by atoms with van der Waals surface area (Å²) in [6, 6.07) is 25.3. The maximum Gasteiger partial charge on any atom is 1.00 e. The van der Waals surface area contributed by atoms with E-state index in [9.17, 15) is 18.3 Å². The molecular formula is C33H35F3N2OOsP. The van der Waals surface area contributed by atoms with Crippen LogP contribution in [0.1, 0.15) is 32.8 Å². The number of nitrogens with zero attached hydrogens (tertiary/aromatic N) is 1. The van der Waals surface area contributed by atoms with Crippen molar-refractivity contribution >= 4 is 37.1 Å². The van der Waals surface area contributed by atoms with E-state index >= 15 is 0 Å². The van der Waals surface area contributed by atoms with Gasteiger partial charge in [0.15, 0.2) is 11.6 Å². The van der Waals surface area contributed by atoms with Crippen molar-refractivity contribution in [2.24, 2.45) is 0 Å². The third kappa shape index (κ3) is 8.93. The van der Waals surface area contributed by atoms with Gasteiger partial charge in [-0.15, -0.1) is 20.2 Å². The second kappa shape index (κ2) is 17.0. The zero-order chi connectivity index (χ0) is 29.1. The normalized spacial score (nSPS) is 10.5. The third-order valence-electron chi connectivity index (χ3n) is 6.03. The van der Waals surface area contributed by atoms with Crippen LogP contribution in [-0.2, 0) is 19.8 Å². The largest absolute Gasteiger partial charge is 1.00 e. The number of nitrogens with one attached hydrogen (secondary N) is 1. The number of anilines is 4. The molecule has 217 valence electrons. The van der Waals surface area contributed by atoms with Crippen LogP contribution in [0.3, 0.4) is 0 Å². The minimum atomic E-state index is -1.19. The van der Waals surface area contributed by atoms with Crippen molar-refractivity contribution in [3.63, 3.8) is 0 Å². The molecule has 0 aliphatic carbocycles. The van der Waals surface area contributed by atoms with Crippen molar-refractivity contribution < 1.29 is 38.1 Å². The van der Waals surface area contributed by atoms with Crippen LogP contribution in [0.4, 0.5) is 35.9 Å². The van der Waals surface area contributed by atoms with Gasteiger partial charge in [-0.3, -0.25) is 0 Å². The average Bonchev–Trinajstić information content (AvgIpc) is 2.97. The minimum absolute atomic E-state index is 0. The summed E-state index contributed by atoms with van der Waals surface area (Å²) in [4.78, 5) is 2.14. The summed E-state index contributed by atoms with van der Waals surface area (Å²) in [5.74, 6) is -3.36. The van der Waals surface area contributed by atoms with E-state index < -0.39 is 23.2 Å². The van der Waals surface area contributed by atoms with Crippen molar-refractivity contribution in [2.45, 2.75) is 27.2 Å². The first-order valence-corrected chi connectivity index (χ1v) is 14.8. The van der Waals surface area contributed by atoms with Crippen LogP contribution in [0.25, 0.3) is 16.9 Å². The van der Waals surface area contributed by atoms with E-state index in [1.165, 1.54) is 18.3 Å². The van der Waals surface area contributed by atoms with Crippen molar-refractivity contribution in [3.05, 3.63) is 115 Å². The molecule has 0 aliphatic heterocycles. The minimum Gasteiger partial charge on any atom is -0.508 e. The zero-order valence-corrected chi connectivity index (χ0v) is 27.0. The number of halogens is 3. The quantitative estimate of drug-likeness (QED) is 0.0693. The van der Waals surface area contributed by atoms with Gasteiger partial charge in [0.2, 0.25) is 0 Å². The van der Waals surface area contributed by atoms with E-state index in [1.807, 2.05) is 50.2 Å². The molecule has 0 saturated heterocycles. The molecule has 4 aromatic rings. The van der Waals surface area contributed by atoms with Crippen molar-refractivity contribution in [2.75, 3.05) is 29.1 Å². The molecular weight excluding hydrogens is 719 g/mol. The molecule has 1 unspecified atom stereocenters. The molecule has 0 heterocycles. The van der Waals surface area contributed by atoms with Gasteiger partial charge in [0, 0.05) is 12.2 Å². The van der Waals surface area contributed by atoms with E-state index in [2.05, 4.69) is 29.8 Å². The Morgan fingerprint density at radius 3 is 2.27 bits per heavy atom. The molecule has 4 rings (SSSR count). The average molecular weight is 754 g/mol. The Hall–Kier alpha value is -3.12. The van der Waals surface area contributed by atoms with Gasteiger partial charge in [-0.25, -0.2) is 13.2 Å². The van der Waals surface area contributed by atoms with Crippen LogP contribution < -0.4 is 10.2 Å². The number of benzene rings is 4. The van der Waals surface area contributed by atoms with Crippen molar-refractivity contribution in [1.29, 1.82) is 0 Å². The predicted molar refractivity (Wildman–Crippen MR) is 165 cm³/mol. The monoisotopic (exact) mass is 755 g/mol. The van der Waals surface area contributed by atoms with Crippen LogP contribution in [0.5, 0.6) is 0 Å². The van der Waals surface area contributed by atoms with Gasteiger partial charge in [0.25, 0.3) is 0 Å². The number of para-hydroxylation sites is 2. The van der Waals surface area contributed by atoms with Gasteiger partial charge >= 0.3 is 19.8 Å². The van der Waals surface area contributed by atoms with E-state index in [0.717, 1.165) is 45.1 Å². The van der Waals surface area contributed by atoms with Crippen LogP contribution in [0.15, 0.2) is 85.4 Å². The fraction of sp³-hybridized carbons (Fsp3) is 0.212.